The second-order valence-electron chi connectivity index (χ2n) is 7.54. The van der Waals surface area contributed by atoms with E-state index >= 15 is 0 Å². The van der Waals surface area contributed by atoms with Crippen LogP contribution in [-0.2, 0) is 4.74 Å². The molecule has 33 heavy (non-hydrogen) atoms. The van der Waals surface area contributed by atoms with Crippen LogP contribution in [0.1, 0.15) is 27.4 Å². The molecule has 0 fully saturated rings. The smallest absolute Gasteiger partial charge is 0.421 e. The first-order valence-corrected chi connectivity index (χ1v) is 10.4. The number of nitrogens with zero attached hydrogens (tertiary/aromatic N) is 3. The lowest BCUT2D eigenvalue weighted by atomic mass is 9.98. The molecule has 0 unspecified atom stereocenters. The number of ether oxygens (including phenoxy) is 1. The Morgan fingerprint density at radius 2 is 1.39 bits per heavy atom. The Balaban J connectivity index is 1.43. The molecule has 0 saturated heterocycles. The molecule has 1 aliphatic carbocycles. The molecule has 1 heterocycles. The Labute approximate surface area is 189 Å². The standard InChI is InChI=1S/C26H19N3O4/c30-24(31)17-10-12-18(13-11-17)29(25-27-14-5-15-28-25)26(32)33-16-23-21-8-3-1-6-19(21)20-7-2-4-9-22(20)23/h1-15,23H,16H2,(H,30,31). The number of hydrogen-bond donors (Lipinski definition) is 1. The number of benzene rings is 3. The minimum Gasteiger partial charge on any atom is -0.478 e. The van der Waals surface area contributed by atoms with Gasteiger partial charge in [0.25, 0.3) is 0 Å². The molecule has 7 nitrogen and oxygen atoms in total. The first-order chi connectivity index (χ1) is 16.1. The Morgan fingerprint density at radius 3 is 1.97 bits per heavy atom. The van der Waals surface area contributed by atoms with Gasteiger partial charge in [0.2, 0.25) is 5.95 Å². The Kier molecular flexibility index (Phi) is 5.28. The molecule has 1 aromatic heterocycles. The molecule has 1 N–H and O–H groups in total. The summed E-state index contributed by atoms with van der Waals surface area (Å²) in [6.45, 7) is 0.142. The second-order valence-corrected chi connectivity index (χ2v) is 7.54. The number of aromatic nitrogens is 2. The number of amides is 1. The number of aromatic carboxylic acids is 1. The second kappa shape index (κ2) is 8.55. The van der Waals surface area contributed by atoms with Crippen molar-refractivity contribution in [3.8, 4) is 11.1 Å². The van der Waals surface area contributed by atoms with Gasteiger partial charge in [-0.05, 0) is 52.6 Å². The number of carboxylic acid groups (broad SMARTS) is 1. The highest BCUT2D eigenvalue weighted by Crippen LogP contribution is 2.44. The van der Waals surface area contributed by atoms with Crippen LogP contribution in [0.15, 0.2) is 91.3 Å². The monoisotopic (exact) mass is 437 g/mol. The lowest BCUT2D eigenvalue weighted by Crippen LogP contribution is -2.29. The number of carbonyl (C=O) groups is 2. The largest absolute Gasteiger partial charge is 0.478 e. The van der Waals surface area contributed by atoms with Gasteiger partial charge in [-0.1, -0.05) is 48.5 Å². The average Bonchev–Trinajstić information content (AvgIpc) is 3.18. The van der Waals surface area contributed by atoms with E-state index < -0.39 is 12.1 Å². The van der Waals surface area contributed by atoms with Crippen LogP contribution < -0.4 is 4.90 Å². The maximum atomic E-state index is 13.3. The molecule has 0 bridgehead atoms. The maximum Gasteiger partial charge on any atom is 0.421 e. The predicted octanol–water partition coefficient (Wildman–Crippen LogP) is 5.26. The third-order valence-corrected chi connectivity index (χ3v) is 5.64. The van der Waals surface area contributed by atoms with Crippen molar-refractivity contribution in [2.45, 2.75) is 5.92 Å². The van der Waals surface area contributed by atoms with E-state index in [4.69, 9.17) is 4.74 Å². The molecule has 0 radical (unpaired) electrons. The van der Waals surface area contributed by atoms with E-state index in [0.717, 1.165) is 22.3 Å². The van der Waals surface area contributed by atoms with Gasteiger partial charge < -0.3 is 9.84 Å². The van der Waals surface area contributed by atoms with Gasteiger partial charge >= 0.3 is 12.1 Å². The first kappa shape index (κ1) is 20.4. The van der Waals surface area contributed by atoms with Gasteiger partial charge in [-0.3, -0.25) is 0 Å². The van der Waals surface area contributed by atoms with Gasteiger partial charge in [0.1, 0.15) is 6.61 Å². The average molecular weight is 437 g/mol. The SMILES string of the molecule is O=C(O)c1ccc(N(C(=O)OCC2c3ccccc3-c3ccccc32)c2ncccn2)cc1. The number of carbonyl (C=O) groups excluding carboxylic acids is 1. The van der Waals surface area contributed by atoms with Crippen molar-refractivity contribution >= 4 is 23.7 Å². The van der Waals surface area contributed by atoms with Gasteiger partial charge in [-0.25, -0.2) is 24.5 Å². The van der Waals surface area contributed by atoms with Gasteiger partial charge in [-0.2, -0.15) is 0 Å². The number of hydrogen-bond acceptors (Lipinski definition) is 5. The lowest BCUT2D eigenvalue weighted by Gasteiger charge is -2.22. The van der Waals surface area contributed by atoms with Crippen molar-refractivity contribution in [2.24, 2.45) is 0 Å². The highest BCUT2D eigenvalue weighted by Gasteiger charge is 2.30. The summed E-state index contributed by atoms with van der Waals surface area (Å²) in [6.07, 6.45) is 2.40. The van der Waals surface area contributed by atoms with Gasteiger partial charge in [-0.15, -0.1) is 0 Å². The van der Waals surface area contributed by atoms with E-state index in [1.165, 1.54) is 41.6 Å². The highest BCUT2D eigenvalue weighted by atomic mass is 16.6. The van der Waals surface area contributed by atoms with E-state index in [9.17, 15) is 14.7 Å². The summed E-state index contributed by atoms with van der Waals surface area (Å²) in [5.41, 5.74) is 5.02. The van der Waals surface area contributed by atoms with Crippen LogP contribution in [0, 0.1) is 0 Å². The predicted molar refractivity (Wildman–Crippen MR) is 123 cm³/mol. The summed E-state index contributed by atoms with van der Waals surface area (Å²) in [6, 6.07) is 23.8. The van der Waals surface area contributed by atoms with Gasteiger partial charge in [0.15, 0.2) is 0 Å². The molecule has 3 aromatic carbocycles. The molecule has 0 aliphatic heterocycles. The summed E-state index contributed by atoms with van der Waals surface area (Å²) in [5.74, 6) is -1.00. The zero-order valence-electron chi connectivity index (χ0n) is 17.5. The summed E-state index contributed by atoms with van der Waals surface area (Å²) in [4.78, 5) is 34.1. The molecule has 162 valence electrons. The fourth-order valence-corrected chi connectivity index (χ4v) is 4.12. The Bertz CT molecular complexity index is 1280. The molecule has 0 atom stereocenters. The highest BCUT2D eigenvalue weighted by molar-refractivity contribution is 5.95. The van der Waals surface area contributed by atoms with Crippen molar-refractivity contribution in [1.82, 2.24) is 9.97 Å². The number of rotatable bonds is 5. The third-order valence-electron chi connectivity index (χ3n) is 5.64. The van der Waals surface area contributed by atoms with Gasteiger partial charge in [0.05, 0.1) is 11.3 Å². The Morgan fingerprint density at radius 1 is 0.818 bits per heavy atom. The van der Waals surface area contributed by atoms with E-state index in [2.05, 4.69) is 34.2 Å². The maximum absolute atomic E-state index is 13.3. The first-order valence-electron chi connectivity index (χ1n) is 10.4. The topological polar surface area (TPSA) is 92.6 Å². The van der Waals surface area contributed by atoms with Crippen molar-refractivity contribution in [3.63, 3.8) is 0 Å². The van der Waals surface area contributed by atoms with Crippen LogP contribution in [0.3, 0.4) is 0 Å². The summed E-state index contributed by atoms with van der Waals surface area (Å²) < 4.78 is 5.78. The summed E-state index contributed by atoms with van der Waals surface area (Å²) >= 11 is 0. The molecule has 5 rings (SSSR count). The normalized spacial score (nSPS) is 12.0. The molecule has 0 saturated carbocycles. The third kappa shape index (κ3) is 3.80. The Hall–Kier alpha value is -4.52. The minimum atomic E-state index is -1.05. The van der Waals surface area contributed by atoms with E-state index in [-0.39, 0.29) is 24.0 Å². The van der Waals surface area contributed by atoms with E-state index in [1.54, 1.807) is 6.07 Å². The fraction of sp³-hybridized carbons (Fsp3) is 0.0769. The molecule has 1 amide bonds. The van der Waals surface area contributed by atoms with Crippen molar-refractivity contribution in [1.29, 1.82) is 0 Å². The molecule has 1 aliphatic rings. The molecule has 4 aromatic rings. The molecular formula is C26H19N3O4. The van der Waals surface area contributed by atoms with E-state index in [1.807, 2.05) is 24.3 Å². The van der Waals surface area contributed by atoms with Crippen LogP contribution in [0.25, 0.3) is 11.1 Å². The zero-order valence-corrected chi connectivity index (χ0v) is 17.5. The van der Waals surface area contributed by atoms with Crippen molar-refractivity contribution in [2.75, 3.05) is 11.5 Å². The van der Waals surface area contributed by atoms with Crippen molar-refractivity contribution in [3.05, 3.63) is 108 Å². The molecule has 0 spiro atoms. The van der Waals surface area contributed by atoms with Crippen LogP contribution in [0.4, 0.5) is 16.4 Å². The van der Waals surface area contributed by atoms with E-state index in [0.29, 0.717) is 5.69 Å². The van der Waals surface area contributed by atoms with Crippen molar-refractivity contribution < 1.29 is 19.4 Å². The number of carboxylic acids is 1. The quantitative estimate of drug-likeness (QED) is 0.458. The number of fused-ring (bicyclic) bond motifs is 3. The number of anilines is 2. The van der Waals surface area contributed by atoms with Crippen LogP contribution in [0.5, 0.6) is 0 Å². The molecule has 7 heteroatoms. The van der Waals surface area contributed by atoms with Crippen LogP contribution >= 0.6 is 0 Å². The molecular weight excluding hydrogens is 418 g/mol. The van der Waals surface area contributed by atoms with Crippen LogP contribution in [-0.4, -0.2) is 33.7 Å². The van der Waals surface area contributed by atoms with Gasteiger partial charge in [0, 0.05) is 18.3 Å². The fourth-order valence-electron chi connectivity index (χ4n) is 4.12. The zero-order chi connectivity index (χ0) is 22.8. The minimum absolute atomic E-state index is 0.0886. The van der Waals surface area contributed by atoms with Crippen LogP contribution in [0.2, 0.25) is 0 Å². The summed E-state index contributed by atoms with van der Waals surface area (Å²) in [7, 11) is 0. The summed E-state index contributed by atoms with van der Waals surface area (Å²) in [5, 5.41) is 9.18. The lowest BCUT2D eigenvalue weighted by molar-refractivity contribution is 0.0697.